The molecule has 0 amide bonds. The van der Waals surface area contributed by atoms with Crippen molar-refractivity contribution in [2.75, 3.05) is 18.1 Å². The summed E-state index contributed by atoms with van der Waals surface area (Å²) in [7, 11) is -3.79. The number of aryl methyl sites for hydroxylation is 1. The summed E-state index contributed by atoms with van der Waals surface area (Å²) in [5.41, 5.74) is 3.06. The van der Waals surface area contributed by atoms with Crippen LogP contribution in [0.15, 0.2) is 88.2 Å². The van der Waals surface area contributed by atoms with Gasteiger partial charge in [0.15, 0.2) is 5.84 Å². The molecule has 0 aromatic heterocycles. The van der Waals surface area contributed by atoms with E-state index < -0.39 is 16.0 Å². The van der Waals surface area contributed by atoms with Gasteiger partial charge in [-0.3, -0.25) is 0 Å². The van der Waals surface area contributed by atoms with Gasteiger partial charge in [-0.05, 0) is 60.5 Å². The van der Waals surface area contributed by atoms with E-state index in [0.717, 1.165) is 16.8 Å². The van der Waals surface area contributed by atoms with Crippen LogP contribution in [0.4, 0.5) is 5.69 Å². The lowest BCUT2D eigenvalue weighted by Crippen LogP contribution is -2.34. The minimum absolute atomic E-state index is 0.0356. The maximum absolute atomic E-state index is 12.6. The summed E-state index contributed by atoms with van der Waals surface area (Å²) in [6.07, 6.45) is 2.95. The first-order valence-corrected chi connectivity index (χ1v) is 12.0. The van der Waals surface area contributed by atoms with Crippen molar-refractivity contribution in [3.05, 3.63) is 101 Å². The molecule has 3 aromatic carbocycles. The Balaban J connectivity index is 1.53. The molecule has 0 fully saturated rings. The molecule has 1 heterocycles. The van der Waals surface area contributed by atoms with Crippen LogP contribution in [0.2, 0.25) is 5.02 Å². The summed E-state index contributed by atoms with van der Waals surface area (Å²) in [5, 5.41) is 0.576. The molecule has 0 atom stereocenters. The van der Waals surface area contributed by atoms with E-state index in [4.69, 9.17) is 16.3 Å². The Morgan fingerprint density at radius 1 is 1.06 bits per heavy atom. The molecular formula is C25H21ClN2O4S. The first-order chi connectivity index (χ1) is 15.8. The Labute approximate surface area is 197 Å². The third kappa shape index (κ3) is 5.32. The molecule has 0 bridgehead atoms. The van der Waals surface area contributed by atoms with Gasteiger partial charge in [0, 0.05) is 22.3 Å². The molecule has 0 saturated carbocycles. The summed E-state index contributed by atoms with van der Waals surface area (Å²) in [6, 6.07) is 21.4. The Hall–Kier alpha value is -3.42. The molecule has 0 saturated heterocycles. The first kappa shape index (κ1) is 22.8. The highest BCUT2D eigenvalue weighted by Gasteiger charge is 2.32. The molecule has 0 N–H and O–H groups in total. The third-order valence-electron chi connectivity index (χ3n) is 5.00. The molecule has 0 aliphatic carbocycles. The zero-order valence-electron chi connectivity index (χ0n) is 17.8. The van der Waals surface area contributed by atoms with E-state index in [1.807, 2.05) is 37.3 Å². The van der Waals surface area contributed by atoms with Gasteiger partial charge in [-0.2, -0.15) is 8.42 Å². The molecule has 33 heavy (non-hydrogen) atoms. The SMILES string of the molecule is Cc1cccc(N(CCOC(=O)C=Cc2cccc(Cl)c2)C2=NS(=O)(=O)c3ccccc32)c1. The van der Waals surface area contributed by atoms with E-state index in [9.17, 15) is 13.2 Å². The fourth-order valence-electron chi connectivity index (χ4n) is 3.50. The number of hydrogen-bond donors (Lipinski definition) is 0. The first-order valence-electron chi connectivity index (χ1n) is 10.2. The molecule has 1 aliphatic rings. The maximum Gasteiger partial charge on any atom is 0.330 e. The van der Waals surface area contributed by atoms with E-state index in [-0.39, 0.29) is 18.0 Å². The largest absolute Gasteiger partial charge is 0.461 e. The smallest absolute Gasteiger partial charge is 0.330 e. The summed E-state index contributed by atoms with van der Waals surface area (Å²) in [6.45, 7) is 2.21. The maximum atomic E-state index is 12.6. The number of hydrogen-bond acceptors (Lipinski definition) is 5. The fraction of sp³-hybridized carbons (Fsp3) is 0.120. The molecule has 0 spiro atoms. The van der Waals surface area contributed by atoms with Crippen LogP contribution >= 0.6 is 11.6 Å². The van der Waals surface area contributed by atoms with Gasteiger partial charge in [-0.25, -0.2) is 4.79 Å². The molecule has 3 aromatic rings. The van der Waals surface area contributed by atoms with E-state index in [2.05, 4.69) is 4.40 Å². The molecule has 4 rings (SSSR count). The third-order valence-corrected chi connectivity index (χ3v) is 6.56. The van der Waals surface area contributed by atoms with Crippen LogP contribution in [-0.4, -0.2) is 33.4 Å². The predicted molar refractivity (Wildman–Crippen MR) is 130 cm³/mol. The number of anilines is 1. The van der Waals surface area contributed by atoms with Gasteiger partial charge in [-0.1, -0.05) is 48.0 Å². The summed E-state index contributed by atoms with van der Waals surface area (Å²) in [4.78, 5) is 14.1. The summed E-state index contributed by atoms with van der Waals surface area (Å²) in [5.74, 6) is -0.206. The number of nitrogens with zero attached hydrogens (tertiary/aromatic N) is 2. The highest BCUT2D eigenvalue weighted by atomic mass is 35.5. The van der Waals surface area contributed by atoms with Crippen LogP contribution in [0, 0.1) is 6.92 Å². The quantitative estimate of drug-likeness (QED) is 0.372. The van der Waals surface area contributed by atoms with Gasteiger partial charge in [-0.15, -0.1) is 4.40 Å². The van der Waals surface area contributed by atoms with Gasteiger partial charge in [0.25, 0.3) is 10.0 Å². The van der Waals surface area contributed by atoms with Crippen molar-refractivity contribution in [3.63, 3.8) is 0 Å². The average molecular weight is 481 g/mol. The zero-order valence-corrected chi connectivity index (χ0v) is 19.4. The standard InChI is InChI=1S/C25H21ClN2O4S/c1-18-6-4-9-21(16-18)28(25-22-10-2-3-11-23(22)33(30,31)27-25)14-15-32-24(29)13-12-19-7-5-8-20(26)17-19/h2-13,16-17H,14-15H2,1H3. The normalized spacial score (nSPS) is 14.1. The minimum atomic E-state index is -3.79. The summed E-state index contributed by atoms with van der Waals surface area (Å²) < 4.78 is 34.5. The lowest BCUT2D eigenvalue weighted by atomic mass is 10.1. The molecule has 6 nitrogen and oxygen atoms in total. The number of esters is 1. The fourth-order valence-corrected chi connectivity index (χ4v) is 4.91. The number of amidine groups is 1. The Bertz CT molecular complexity index is 1370. The van der Waals surface area contributed by atoms with Gasteiger partial charge in [0.1, 0.15) is 11.5 Å². The number of benzene rings is 3. The number of rotatable bonds is 6. The molecule has 0 radical (unpaired) electrons. The van der Waals surface area contributed by atoms with Gasteiger partial charge >= 0.3 is 5.97 Å². The highest BCUT2D eigenvalue weighted by molar-refractivity contribution is 7.90. The van der Waals surface area contributed by atoms with Crippen molar-refractivity contribution in [1.29, 1.82) is 0 Å². The van der Waals surface area contributed by atoms with Crippen molar-refractivity contribution in [2.24, 2.45) is 4.40 Å². The van der Waals surface area contributed by atoms with Gasteiger partial charge < -0.3 is 9.64 Å². The van der Waals surface area contributed by atoms with Crippen LogP contribution in [0.1, 0.15) is 16.7 Å². The van der Waals surface area contributed by atoms with Gasteiger partial charge in [0.05, 0.1) is 6.54 Å². The Morgan fingerprint density at radius 2 is 1.85 bits per heavy atom. The molecular weight excluding hydrogens is 460 g/mol. The van der Waals surface area contributed by atoms with E-state index in [1.165, 1.54) is 12.1 Å². The number of ether oxygens (including phenoxy) is 1. The van der Waals surface area contributed by atoms with Crippen molar-refractivity contribution >= 4 is 45.2 Å². The van der Waals surface area contributed by atoms with Gasteiger partial charge in [0.2, 0.25) is 0 Å². The second kappa shape index (κ2) is 9.60. The molecule has 8 heteroatoms. The predicted octanol–water partition coefficient (Wildman–Crippen LogP) is 4.86. The number of carbonyl (C=O) groups is 1. The second-order valence-corrected chi connectivity index (χ2v) is 9.44. The van der Waals surface area contributed by atoms with Crippen molar-refractivity contribution in [1.82, 2.24) is 0 Å². The highest BCUT2D eigenvalue weighted by Crippen LogP contribution is 2.30. The van der Waals surface area contributed by atoms with E-state index in [0.29, 0.717) is 16.4 Å². The number of sulfonamides is 1. The Kier molecular flexibility index (Phi) is 6.62. The molecule has 168 valence electrons. The lowest BCUT2D eigenvalue weighted by Gasteiger charge is -2.24. The van der Waals surface area contributed by atoms with Crippen LogP contribution in [0.5, 0.6) is 0 Å². The lowest BCUT2D eigenvalue weighted by molar-refractivity contribution is -0.137. The Morgan fingerprint density at radius 3 is 2.64 bits per heavy atom. The molecule has 0 unspecified atom stereocenters. The second-order valence-electron chi connectivity index (χ2n) is 7.43. The average Bonchev–Trinajstić information content (AvgIpc) is 3.06. The topological polar surface area (TPSA) is 76.0 Å². The molecule has 1 aliphatic heterocycles. The number of fused-ring (bicyclic) bond motifs is 1. The zero-order chi connectivity index (χ0) is 23.4. The van der Waals surface area contributed by atoms with Crippen molar-refractivity contribution in [3.8, 4) is 0 Å². The van der Waals surface area contributed by atoms with Crippen molar-refractivity contribution in [2.45, 2.75) is 11.8 Å². The number of halogens is 1. The van der Waals surface area contributed by atoms with Crippen LogP contribution in [-0.2, 0) is 19.6 Å². The van der Waals surface area contributed by atoms with Crippen LogP contribution < -0.4 is 4.90 Å². The van der Waals surface area contributed by atoms with Crippen LogP contribution in [0.3, 0.4) is 0 Å². The van der Waals surface area contributed by atoms with E-state index >= 15 is 0 Å². The van der Waals surface area contributed by atoms with E-state index in [1.54, 1.807) is 47.4 Å². The van der Waals surface area contributed by atoms with Crippen LogP contribution in [0.25, 0.3) is 6.08 Å². The van der Waals surface area contributed by atoms with Crippen molar-refractivity contribution < 1.29 is 17.9 Å². The number of carbonyl (C=O) groups excluding carboxylic acids is 1. The summed E-state index contributed by atoms with van der Waals surface area (Å²) >= 11 is 5.96. The monoisotopic (exact) mass is 480 g/mol. The minimum Gasteiger partial charge on any atom is -0.461 e.